The molecule has 1 aliphatic rings. The molecule has 0 amide bonds. The van der Waals surface area contributed by atoms with Crippen molar-refractivity contribution in [1.82, 2.24) is 4.31 Å². The van der Waals surface area contributed by atoms with E-state index >= 15 is 0 Å². The van der Waals surface area contributed by atoms with Gasteiger partial charge in [0.15, 0.2) is 0 Å². The van der Waals surface area contributed by atoms with Gasteiger partial charge in [0.05, 0.1) is 5.84 Å². The molecule has 0 aromatic heterocycles. The third-order valence-corrected chi connectivity index (χ3v) is 5.23. The van der Waals surface area contributed by atoms with E-state index in [1.807, 2.05) is 0 Å². The minimum Gasteiger partial charge on any atom is -0.387 e. The van der Waals surface area contributed by atoms with E-state index in [-0.39, 0.29) is 24.8 Å². The van der Waals surface area contributed by atoms with Crippen molar-refractivity contribution in [1.29, 1.82) is 5.41 Å². The summed E-state index contributed by atoms with van der Waals surface area (Å²) in [5.41, 5.74) is 5.40. The number of hydrogen-bond donors (Lipinski definition) is 2. The lowest BCUT2D eigenvalue weighted by Gasteiger charge is -2.31. The van der Waals surface area contributed by atoms with Gasteiger partial charge in [-0.15, -0.1) is 0 Å². The average Bonchev–Trinajstić information content (AvgIpc) is 2.38. The summed E-state index contributed by atoms with van der Waals surface area (Å²) in [5, 5.41) is 7.39. The van der Waals surface area contributed by atoms with Crippen molar-refractivity contribution >= 4 is 15.9 Å². The van der Waals surface area contributed by atoms with Crippen LogP contribution < -0.4 is 5.73 Å². The van der Waals surface area contributed by atoms with Gasteiger partial charge in [-0.1, -0.05) is 0 Å². The number of amidine groups is 1. The van der Waals surface area contributed by atoms with Gasteiger partial charge in [0.25, 0.3) is 0 Å². The van der Waals surface area contributed by atoms with Crippen LogP contribution in [0.4, 0.5) is 8.78 Å². The van der Waals surface area contributed by atoms with Crippen LogP contribution in [0, 0.1) is 23.0 Å². The predicted molar refractivity (Wildman–Crippen MR) is 69.8 cm³/mol. The zero-order chi connectivity index (χ0) is 14.9. The first kappa shape index (κ1) is 14.9. The summed E-state index contributed by atoms with van der Waals surface area (Å²) < 4.78 is 52.3. The average molecular weight is 303 g/mol. The SMILES string of the molecule is N=C(N)C1CCCN(S(=O)(=O)c2ccc(F)cc2F)C1. The highest BCUT2D eigenvalue weighted by Crippen LogP contribution is 2.25. The Morgan fingerprint density at radius 1 is 1.40 bits per heavy atom. The van der Waals surface area contributed by atoms with Gasteiger partial charge in [-0.05, 0) is 25.0 Å². The van der Waals surface area contributed by atoms with Gasteiger partial charge in [0.1, 0.15) is 16.5 Å². The van der Waals surface area contributed by atoms with Gasteiger partial charge in [-0.25, -0.2) is 17.2 Å². The molecular formula is C12H15F2N3O2S. The van der Waals surface area contributed by atoms with Crippen LogP contribution in [0.1, 0.15) is 12.8 Å². The van der Waals surface area contributed by atoms with Crippen molar-refractivity contribution in [3.05, 3.63) is 29.8 Å². The van der Waals surface area contributed by atoms with Crippen LogP contribution >= 0.6 is 0 Å². The summed E-state index contributed by atoms with van der Waals surface area (Å²) >= 11 is 0. The first-order valence-electron chi connectivity index (χ1n) is 6.11. The molecule has 1 atom stereocenters. The first-order chi connectivity index (χ1) is 9.32. The Morgan fingerprint density at radius 3 is 2.70 bits per heavy atom. The fourth-order valence-electron chi connectivity index (χ4n) is 2.24. The monoisotopic (exact) mass is 303 g/mol. The second-order valence-electron chi connectivity index (χ2n) is 4.73. The maximum atomic E-state index is 13.6. The molecule has 0 spiro atoms. The lowest BCUT2D eigenvalue weighted by atomic mass is 9.99. The molecule has 0 aliphatic carbocycles. The third-order valence-electron chi connectivity index (χ3n) is 3.34. The Labute approximate surface area is 115 Å². The molecule has 0 saturated carbocycles. The van der Waals surface area contributed by atoms with Crippen LogP contribution in [-0.2, 0) is 10.0 Å². The number of hydrogen-bond acceptors (Lipinski definition) is 3. The highest BCUT2D eigenvalue weighted by molar-refractivity contribution is 7.89. The Kier molecular flexibility index (Phi) is 4.05. The number of sulfonamides is 1. The van der Waals surface area contributed by atoms with Gasteiger partial charge < -0.3 is 5.73 Å². The number of piperidine rings is 1. The molecule has 1 saturated heterocycles. The minimum atomic E-state index is -4.04. The van der Waals surface area contributed by atoms with Crippen LogP contribution in [0.5, 0.6) is 0 Å². The van der Waals surface area contributed by atoms with Crippen molar-refractivity contribution in [2.45, 2.75) is 17.7 Å². The molecule has 0 radical (unpaired) electrons. The first-order valence-corrected chi connectivity index (χ1v) is 7.55. The van der Waals surface area contributed by atoms with Gasteiger partial charge in [-0.2, -0.15) is 4.31 Å². The van der Waals surface area contributed by atoms with E-state index in [0.717, 1.165) is 16.4 Å². The molecule has 8 heteroatoms. The van der Waals surface area contributed by atoms with E-state index in [2.05, 4.69) is 0 Å². The van der Waals surface area contributed by atoms with Crippen molar-refractivity contribution in [2.24, 2.45) is 11.7 Å². The van der Waals surface area contributed by atoms with Crippen LogP contribution in [0.2, 0.25) is 0 Å². The second kappa shape index (κ2) is 5.45. The van der Waals surface area contributed by atoms with Crippen LogP contribution in [0.15, 0.2) is 23.1 Å². The number of rotatable bonds is 3. The molecule has 1 aromatic rings. The largest absolute Gasteiger partial charge is 0.387 e. The normalized spacial score (nSPS) is 20.8. The molecule has 1 heterocycles. The van der Waals surface area contributed by atoms with Gasteiger partial charge in [0, 0.05) is 25.1 Å². The Morgan fingerprint density at radius 2 is 2.10 bits per heavy atom. The van der Waals surface area contributed by atoms with Gasteiger partial charge in [-0.3, -0.25) is 5.41 Å². The van der Waals surface area contributed by atoms with Crippen LogP contribution in [0.3, 0.4) is 0 Å². The van der Waals surface area contributed by atoms with E-state index < -0.39 is 26.6 Å². The Balaban J connectivity index is 2.32. The molecule has 1 unspecified atom stereocenters. The minimum absolute atomic E-state index is 0.0501. The van der Waals surface area contributed by atoms with Crippen LogP contribution in [-0.4, -0.2) is 31.6 Å². The van der Waals surface area contributed by atoms with E-state index in [9.17, 15) is 17.2 Å². The van der Waals surface area contributed by atoms with Crippen LogP contribution in [0.25, 0.3) is 0 Å². The van der Waals surface area contributed by atoms with Crippen molar-refractivity contribution in [3.8, 4) is 0 Å². The molecule has 3 N–H and O–H groups in total. The molecule has 5 nitrogen and oxygen atoms in total. The van der Waals surface area contributed by atoms with Crippen molar-refractivity contribution < 1.29 is 17.2 Å². The Bertz CT molecular complexity index is 634. The number of benzene rings is 1. The molecule has 1 fully saturated rings. The van der Waals surface area contributed by atoms with Crippen molar-refractivity contribution in [2.75, 3.05) is 13.1 Å². The fraction of sp³-hybridized carbons (Fsp3) is 0.417. The van der Waals surface area contributed by atoms with E-state index in [1.54, 1.807) is 0 Å². The van der Waals surface area contributed by atoms with Gasteiger partial charge in [0.2, 0.25) is 10.0 Å². The summed E-state index contributed by atoms with van der Waals surface area (Å²) in [6.45, 7) is 0.289. The molecule has 1 aliphatic heterocycles. The topological polar surface area (TPSA) is 87.2 Å². The summed E-state index contributed by atoms with van der Waals surface area (Å²) in [6, 6.07) is 2.36. The summed E-state index contributed by atoms with van der Waals surface area (Å²) in [4.78, 5) is -0.553. The molecule has 110 valence electrons. The summed E-state index contributed by atoms with van der Waals surface area (Å²) in [7, 11) is -4.04. The van der Waals surface area contributed by atoms with E-state index in [4.69, 9.17) is 11.1 Å². The summed E-state index contributed by atoms with van der Waals surface area (Å²) in [6.07, 6.45) is 1.18. The predicted octanol–water partition coefficient (Wildman–Crippen LogP) is 1.30. The smallest absolute Gasteiger partial charge is 0.246 e. The van der Waals surface area contributed by atoms with Gasteiger partial charge >= 0.3 is 0 Å². The third kappa shape index (κ3) is 2.80. The molecule has 20 heavy (non-hydrogen) atoms. The highest BCUT2D eigenvalue weighted by atomic mass is 32.2. The molecular weight excluding hydrogens is 288 g/mol. The number of nitrogens with zero attached hydrogens (tertiary/aromatic N) is 1. The number of nitrogens with two attached hydrogens (primary N) is 1. The Hall–Kier alpha value is -1.54. The summed E-state index contributed by atoms with van der Waals surface area (Å²) in [5.74, 6) is -2.39. The van der Waals surface area contributed by atoms with E-state index in [0.29, 0.717) is 18.9 Å². The maximum absolute atomic E-state index is 13.6. The quantitative estimate of drug-likeness (QED) is 0.652. The number of halogens is 2. The fourth-order valence-corrected chi connectivity index (χ4v) is 3.81. The second-order valence-corrected chi connectivity index (χ2v) is 6.64. The molecule has 1 aromatic carbocycles. The lowest BCUT2D eigenvalue weighted by Crippen LogP contribution is -2.44. The lowest BCUT2D eigenvalue weighted by molar-refractivity contribution is 0.309. The zero-order valence-corrected chi connectivity index (χ0v) is 11.5. The molecule has 0 bridgehead atoms. The highest BCUT2D eigenvalue weighted by Gasteiger charge is 2.33. The van der Waals surface area contributed by atoms with Crippen molar-refractivity contribution in [3.63, 3.8) is 0 Å². The van der Waals surface area contributed by atoms with E-state index in [1.165, 1.54) is 0 Å². The standard InChI is InChI=1S/C12H15F2N3O2S/c13-9-3-4-11(10(14)6-9)20(18,19)17-5-1-2-8(7-17)12(15)16/h3-4,6,8H,1-2,5,7H2,(H3,15,16). The number of nitrogens with one attached hydrogen (secondary N) is 1. The maximum Gasteiger partial charge on any atom is 0.246 e. The molecule has 2 rings (SSSR count). The zero-order valence-electron chi connectivity index (χ0n) is 10.6.